The highest BCUT2D eigenvalue weighted by Gasteiger charge is 2.34. The van der Waals surface area contributed by atoms with Crippen molar-refractivity contribution >= 4 is 22.6 Å². The summed E-state index contributed by atoms with van der Waals surface area (Å²) in [6, 6.07) is 17.4. The van der Waals surface area contributed by atoms with Crippen LogP contribution in [0.4, 0.5) is 0 Å². The van der Waals surface area contributed by atoms with Crippen molar-refractivity contribution in [2.24, 2.45) is 5.41 Å². The van der Waals surface area contributed by atoms with Gasteiger partial charge in [0.1, 0.15) is 22.5 Å². The van der Waals surface area contributed by atoms with E-state index in [4.69, 9.17) is 0 Å². The van der Waals surface area contributed by atoms with Gasteiger partial charge in [0.15, 0.2) is 11.6 Å². The van der Waals surface area contributed by atoms with Gasteiger partial charge < -0.3 is 5.11 Å². The number of fused-ring (bicyclic) bond motifs is 2. The van der Waals surface area contributed by atoms with E-state index in [1.165, 1.54) is 16.9 Å². The lowest BCUT2D eigenvalue weighted by Crippen LogP contribution is -2.27. The summed E-state index contributed by atoms with van der Waals surface area (Å²) in [5.74, 6) is -0.374. The van der Waals surface area contributed by atoms with Gasteiger partial charge in [-0.3, -0.25) is 9.59 Å². The third kappa shape index (κ3) is 4.80. The average molecular weight is 522 g/mol. The molecular weight excluding hydrogens is 486 g/mol. The largest absolute Gasteiger partial charge is 0.505 e. The lowest BCUT2D eigenvalue weighted by atomic mass is 9.70. The van der Waals surface area contributed by atoms with Crippen LogP contribution in [0.3, 0.4) is 0 Å². The summed E-state index contributed by atoms with van der Waals surface area (Å²) in [4.78, 5) is 26.3. The van der Waals surface area contributed by atoms with E-state index in [-0.39, 0.29) is 28.1 Å². The zero-order valence-electron chi connectivity index (χ0n) is 23.7. The Labute approximate surface area is 229 Å². The van der Waals surface area contributed by atoms with Crippen molar-refractivity contribution in [3.8, 4) is 11.4 Å². The maximum absolute atomic E-state index is 12.4. The maximum atomic E-state index is 12.4. The molecule has 1 aliphatic rings. The predicted octanol–water partition coefficient (Wildman–Crippen LogP) is 7.10. The number of hydrogen-bond donors (Lipinski definition) is 1. The van der Waals surface area contributed by atoms with E-state index < -0.39 is 5.41 Å². The smallest absolute Gasteiger partial charge is 0.186 e. The van der Waals surface area contributed by atoms with Crippen molar-refractivity contribution in [1.82, 2.24) is 15.0 Å². The van der Waals surface area contributed by atoms with Gasteiger partial charge in [-0.1, -0.05) is 84.9 Å². The lowest BCUT2D eigenvalue weighted by Gasteiger charge is -2.35. The topological polar surface area (TPSA) is 85.1 Å². The summed E-state index contributed by atoms with van der Waals surface area (Å²) in [5.41, 5.74) is 4.34. The molecule has 0 spiro atoms. The Bertz CT molecular complexity index is 1600. The molecule has 3 aromatic carbocycles. The molecule has 0 atom stereocenters. The number of benzene rings is 3. The van der Waals surface area contributed by atoms with Crippen LogP contribution in [0.25, 0.3) is 16.7 Å². The van der Waals surface area contributed by atoms with Crippen molar-refractivity contribution in [3.05, 3.63) is 94.6 Å². The van der Waals surface area contributed by atoms with Gasteiger partial charge in [0.05, 0.1) is 0 Å². The summed E-state index contributed by atoms with van der Waals surface area (Å²) in [5, 5.41) is 21.1. The first kappa shape index (κ1) is 26.5. The van der Waals surface area contributed by atoms with E-state index in [9.17, 15) is 14.7 Å². The molecule has 0 unspecified atom stereocenters. The van der Waals surface area contributed by atoms with Gasteiger partial charge in [0, 0.05) is 22.1 Å². The van der Waals surface area contributed by atoms with Crippen LogP contribution in [-0.2, 0) is 10.8 Å². The average Bonchev–Trinajstić information content (AvgIpc) is 3.27. The molecule has 6 nitrogen and oxygen atoms in total. The molecule has 0 aliphatic heterocycles. The number of hydrogen-bond acceptors (Lipinski definition) is 5. The molecule has 6 heteroatoms. The number of aromatic hydroxyl groups is 1. The molecule has 1 aliphatic carbocycles. The number of nitrogens with zero attached hydrogens (tertiary/aromatic N) is 3. The van der Waals surface area contributed by atoms with Crippen molar-refractivity contribution in [2.75, 3.05) is 0 Å². The van der Waals surface area contributed by atoms with Gasteiger partial charge in [-0.05, 0) is 58.7 Å². The predicted molar refractivity (Wildman–Crippen MR) is 154 cm³/mol. The van der Waals surface area contributed by atoms with E-state index in [2.05, 4.69) is 76.9 Å². The number of ketones is 2. The zero-order chi connectivity index (χ0) is 28.3. The second-order valence-corrected chi connectivity index (χ2v) is 12.9. The van der Waals surface area contributed by atoms with Crippen molar-refractivity contribution in [3.63, 3.8) is 0 Å². The van der Waals surface area contributed by atoms with Crippen molar-refractivity contribution in [2.45, 2.75) is 65.7 Å². The minimum absolute atomic E-state index is 0.0848. The second-order valence-electron chi connectivity index (χ2n) is 12.9. The molecule has 200 valence electrons. The Kier molecular flexibility index (Phi) is 6.13. The molecule has 1 heterocycles. The molecule has 0 saturated carbocycles. The molecule has 39 heavy (non-hydrogen) atoms. The van der Waals surface area contributed by atoms with Gasteiger partial charge >= 0.3 is 0 Å². The van der Waals surface area contributed by atoms with Gasteiger partial charge in [-0.2, -0.15) is 0 Å². The van der Waals surface area contributed by atoms with Crippen LogP contribution in [0.2, 0.25) is 0 Å². The van der Waals surface area contributed by atoms with Crippen LogP contribution in [0.1, 0.15) is 92.3 Å². The van der Waals surface area contributed by atoms with Gasteiger partial charge in [0.2, 0.25) is 0 Å². The fraction of sp³-hybridized carbons (Fsp3) is 0.333. The summed E-state index contributed by atoms with van der Waals surface area (Å²) >= 11 is 0. The van der Waals surface area contributed by atoms with E-state index in [1.54, 1.807) is 12.1 Å². The SMILES string of the molecule is CC(C)(C)CC(C)(C)c1cc(-n2nc3cc4c(cc3n2)C(=O)C=CC4=O)c(O)c(C(C)(C)c2ccccc2)c1. The molecule has 0 radical (unpaired) electrons. The van der Waals surface area contributed by atoms with Crippen LogP contribution >= 0.6 is 0 Å². The van der Waals surface area contributed by atoms with Gasteiger partial charge in [-0.15, -0.1) is 15.0 Å². The molecule has 5 rings (SSSR count). The van der Waals surface area contributed by atoms with Crippen molar-refractivity contribution < 1.29 is 14.7 Å². The first-order chi connectivity index (χ1) is 18.2. The van der Waals surface area contributed by atoms with E-state index in [0.29, 0.717) is 27.8 Å². The minimum Gasteiger partial charge on any atom is -0.505 e. The standard InChI is InChI=1S/C33H35N3O3/c1-31(2,3)19-32(4,5)21-15-24(33(6,7)20-11-9-8-10-12-20)30(39)27(16-21)36-34-25-17-22-23(18-26(25)35-36)29(38)14-13-28(22)37/h8-18,39H,19H2,1-7H3. The Hall–Kier alpha value is -4.06. The normalized spacial score (nSPS) is 14.2. The quantitative estimate of drug-likeness (QED) is 0.303. The van der Waals surface area contributed by atoms with Gasteiger partial charge in [0.25, 0.3) is 0 Å². The number of rotatable bonds is 5. The Balaban J connectivity index is 1.74. The molecule has 1 N–H and O–H groups in total. The van der Waals surface area contributed by atoms with Crippen LogP contribution in [0.15, 0.2) is 66.7 Å². The molecule has 0 amide bonds. The number of phenolic OH excluding ortho intramolecular Hbond substituents is 1. The Morgan fingerprint density at radius 2 is 1.28 bits per heavy atom. The first-order valence-corrected chi connectivity index (χ1v) is 13.3. The Morgan fingerprint density at radius 1 is 0.744 bits per heavy atom. The molecule has 0 fully saturated rings. The number of carbonyl (C=O) groups excluding carboxylic acids is 2. The molecule has 0 saturated heterocycles. The highest BCUT2D eigenvalue weighted by Crippen LogP contribution is 2.44. The maximum Gasteiger partial charge on any atom is 0.186 e. The third-order valence-corrected chi connectivity index (χ3v) is 7.66. The van der Waals surface area contributed by atoms with Gasteiger partial charge in [-0.25, -0.2) is 0 Å². The highest BCUT2D eigenvalue weighted by molar-refractivity contribution is 6.23. The molecule has 1 aromatic heterocycles. The molecule has 4 aromatic rings. The van der Waals surface area contributed by atoms with Crippen LogP contribution in [0, 0.1) is 5.41 Å². The lowest BCUT2D eigenvalue weighted by molar-refractivity contribution is 0.0994. The molecule has 0 bridgehead atoms. The van der Waals surface area contributed by atoms with Crippen molar-refractivity contribution in [1.29, 1.82) is 0 Å². The Morgan fingerprint density at radius 3 is 1.79 bits per heavy atom. The third-order valence-electron chi connectivity index (χ3n) is 7.66. The fourth-order valence-corrected chi connectivity index (χ4v) is 5.89. The minimum atomic E-state index is -0.510. The summed E-state index contributed by atoms with van der Waals surface area (Å²) in [7, 11) is 0. The number of aromatic nitrogens is 3. The van der Waals surface area contributed by atoms with Crippen LogP contribution in [0.5, 0.6) is 5.75 Å². The number of carbonyl (C=O) groups is 2. The van der Waals surface area contributed by atoms with E-state index in [1.807, 2.05) is 24.3 Å². The zero-order valence-corrected chi connectivity index (χ0v) is 23.7. The number of phenols is 1. The number of allylic oxidation sites excluding steroid dienone is 2. The van der Waals surface area contributed by atoms with Crippen LogP contribution < -0.4 is 0 Å². The fourth-order valence-electron chi connectivity index (χ4n) is 5.89. The summed E-state index contributed by atoms with van der Waals surface area (Å²) < 4.78 is 0. The summed E-state index contributed by atoms with van der Waals surface area (Å²) in [6.45, 7) is 15.3. The first-order valence-electron chi connectivity index (χ1n) is 13.3. The monoisotopic (exact) mass is 521 g/mol. The van der Waals surface area contributed by atoms with Crippen LogP contribution in [-0.4, -0.2) is 31.7 Å². The highest BCUT2D eigenvalue weighted by atomic mass is 16.3. The summed E-state index contributed by atoms with van der Waals surface area (Å²) in [6.07, 6.45) is 3.49. The second kappa shape index (κ2) is 9.01. The molecular formula is C33H35N3O3. The van der Waals surface area contributed by atoms with E-state index in [0.717, 1.165) is 23.1 Å². The van der Waals surface area contributed by atoms with E-state index >= 15 is 0 Å².